The van der Waals surface area contributed by atoms with Crippen LogP contribution in [0, 0.1) is 0 Å². The first-order chi connectivity index (χ1) is 49.9. The molecule has 0 radical (unpaired) electrons. The molecule has 552 valence electrons. The van der Waals surface area contributed by atoms with E-state index in [1.54, 1.807) is 72.8 Å². The van der Waals surface area contributed by atoms with Gasteiger partial charge >= 0.3 is 29.8 Å². The molecule has 0 spiro atoms. The first-order valence-electron chi connectivity index (χ1n) is 32.9. The fourth-order valence-corrected chi connectivity index (χ4v) is 12.2. The van der Waals surface area contributed by atoms with E-state index in [9.17, 15) is 80.1 Å². The zero-order valence-corrected chi connectivity index (χ0v) is 54.6. The number of carbonyl (C=O) groups is 5. The van der Waals surface area contributed by atoms with Gasteiger partial charge in [-0.1, -0.05) is 121 Å². The van der Waals surface area contributed by atoms with E-state index in [1.807, 2.05) is 0 Å². The van der Waals surface area contributed by atoms with Crippen LogP contribution in [0.25, 0.3) is 0 Å². The van der Waals surface area contributed by atoms with Crippen LogP contribution in [-0.2, 0) is 77.7 Å². The second-order valence-electron chi connectivity index (χ2n) is 24.5. The van der Waals surface area contributed by atoms with E-state index in [1.165, 1.54) is 109 Å². The van der Waals surface area contributed by atoms with Gasteiger partial charge in [0.1, 0.15) is 91.6 Å². The van der Waals surface area contributed by atoms with Crippen molar-refractivity contribution >= 4 is 29.8 Å². The van der Waals surface area contributed by atoms with E-state index in [4.69, 9.17) is 71.1 Å². The molecule has 25 atom stereocenters. The van der Waals surface area contributed by atoms with E-state index in [-0.39, 0.29) is 34.4 Å². The average molecular weight is 1440 g/mol. The molecule has 5 saturated heterocycles. The smallest absolute Gasteiger partial charge is 0.338 e. The monoisotopic (exact) mass is 1440 g/mol. The van der Waals surface area contributed by atoms with Crippen LogP contribution in [0.1, 0.15) is 57.4 Å². The van der Waals surface area contributed by atoms with E-state index in [0.29, 0.717) is 5.56 Å². The third-order valence-corrected chi connectivity index (χ3v) is 17.7. The van der Waals surface area contributed by atoms with Gasteiger partial charge in [-0.3, -0.25) is 0 Å². The number of aliphatic hydroxyl groups excluding tert-OH is 11. The lowest BCUT2D eigenvalue weighted by Gasteiger charge is -2.51. The average Bonchev–Trinajstić information content (AvgIpc) is 0.763. The van der Waals surface area contributed by atoms with Crippen LogP contribution >= 0.6 is 0 Å². The van der Waals surface area contributed by atoms with Crippen LogP contribution in [0.15, 0.2) is 182 Å². The van der Waals surface area contributed by atoms with Crippen LogP contribution in [0.4, 0.5) is 0 Å². The molecule has 11 rings (SSSR count). The molecule has 0 bridgehead atoms. The molecule has 5 fully saturated rings. The van der Waals surface area contributed by atoms with Crippen molar-refractivity contribution in [2.24, 2.45) is 0 Å². The van der Waals surface area contributed by atoms with E-state index < -0.39 is 216 Å². The minimum atomic E-state index is -2.32. The highest BCUT2D eigenvalue weighted by Gasteiger charge is 2.61. The quantitative estimate of drug-likeness (QED) is 0.0244. The van der Waals surface area contributed by atoms with Crippen LogP contribution in [0.2, 0.25) is 0 Å². The highest BCUT2D eigenvalue weighted by molar-refractivity contribution is 5.91. The summed E-state index contributed by atoms with van der Waals surface area (Å²) in [5.41, 5.74) is 0.121. The van der Waals surface area contributed by atoms with Gasteiger partial charge in [-0.2, -0.15) is 0 Å². The molecule has 5 heterocycles. The van der Waals surface area contributed by atoms with Crippen LogP contribution in [-0.4, -0.2) is 273 Å². The van der Waals surface area contributed by atoms with Crippen molar-refractivity contribution in [1.29, 1.82) is 0 Å². The molecule has 0 aromatic heterocycles. The lowest BCUT2D eigenvalue weighted by Crippen LogP contribution is -2.69. The lowest BCUT2D eigenvalue weighted by atomic mass is 9.94. The van der Waals surface area contributed by atoms with Crippen molar-refractivity contribution in [2.75, 3.05) is 33.0 Å². The summed E-state index contributed by atoms with van der Waals surface area (Å²) in [5, 5.41) is 127. The number of carbonyl (C=O) groups excluding carboxylic acids is 5. The number of benzene rings is 6. The molecule has 31 nitrogen and oxygen atoms in total. The summed E-state index contributed by atoms with van der Waals surface area (Å²) in [6, 6.07) is 45.1. The minimum absolute atomic E-state index is 0.00837. The summed E-state index contributed by atoms with van der Waals surface area (Å²) in [6.07, 6.45) is -51.2. The number of rotatable bonds is 26. The number of hydrogen-bond acceptors (Lipinski definition) is 31. The highest BCUT2D eigenvalue weighted by atomic mass is 16.8. The highest BCUT2D eigenvalue weighted by Crippen LogP contribution is 2.40. The Kier molecular flexibility index (Phi) is 26.2. The van der Waals surface area contributed by atoms with Gasteiger partial charge in [-0.25, -0.2) is 24.0 Å². The topological polar surface area (TPSA) is 446 Å². The molecule has 0 saturated carbocycles. The van der Waals surface area contributed by atoms with E-state index in [0.717, 1.165) is 0 Å². The maximum Gasteiger partial charge on any atom is 0.338 e. The Morgan fingerprint density at radius 2 is 0.476 bits per heavy atom. The van der Waals surface area contributed by atoms with Gasteiger partial charge in [-0.15, -0.1) is 0 Å². The zero-order chi connectivity index (χ0) is 72.8. The Morgan fingerprint density at radius 3 is 0.738 bits per heavy atom. The number of hydrogen-bond donors (Lipinski definition) is 11. The van der Waals surface area contributed by atoms with Gasteiger partial charge in [0.15, 0.2) is 62.0 Å². The summed E-state index contributed by atoms with van der Waals surface area (Å²) in [7, 11) is 0. The van der Waals surface area contributed by atoms with Gasteiger partial charge in [0.2, 0.25) is 0 Å². The molecule has 6 aromatic carbocycles. The fourth-order valence-electron chi connectivity index (χ4n) is 12.2. The van der Waals surface area contributed by atoms with Crippen molar-refractivity contribution in [2.45, 2.75) is 160 Å². The summed E-state index contributed by atoms with van der Waals surface area (Å²) in [6.45, 7) is -5.46. The van der Waals surface area contributed by atoms with Gasteiger partial charge < -0.3 is 127 Å². The molecule has 11 N–H and O–H groups in total. The van der Waals surface area contributed by atoms with Crippen molar-refractivity contribution in [3.63, 3.8) is 0 Å². The number of esters is 5. The van der Waals surface area contributed by atoms with Gasteiger partial charge in [0.05, 0.1) is 67.5 Å². The zero-order valence-electron chi connectivity index (χ0n) is 54.6. The molecule has 0 aliphatic carbocycles. The van der Waals surface area contributed by atoms with Crippen molar-refractivity contribution in [3.8, 4) is 0 Å². The molecular weight excluding hydrogens is 1360 g/mol. The van der Waals surface area contributed by atoms with Gasteiger partial charge in [0.25, 0.3) is 0 Å². The standard InChI is InChI=1S/C72H78O31/c73-31-43-48(78)53(83)58(95-63(84)38-21-9-2-10-22-38)69(91-43)100-55-50(80)45(33-75)93-71(60(55)97-65(86)40-25-13-4-14-26-40)102-57-52(82)47(35-77)94-72(62(57)99-67(88)42-29-17-6-18-30-42)103-56-51(81)46(34-76)92-70(61(56)98-66(87)41-27-15-5-16-28-41)101-54-49(79)44(32-74)90-68(89-36-37-19-7-1-8-20-37)59(54)96-64(85)39-23-11-3-12-24-39/h1-30,43-62,68-83H,31-36H2/t43-,44-,45-,46-,47-,48-,49-,50-,51-,52-,53+,54+,55+,56+,57+,58-,59-,60-,61-,62-,68-,69+,70+,71+,72+/m1/s1. The fraction of sp³-hybridized carbons (Fsp3) is 0.431. The molecule has 103 heavy (non-hydrogen) atoms. The van der Waals surface area contributed by atoms with Crippen LogP contribution < -0.4 is 0 Å². The maximum atomic E-state index is 14.7. The first kappa shape index (κ1) is 76.0. The van der Waals surface area contributed by atoms with E-state index >= 15 is 0 Å². The second-order valence-corrected chi connectivity index (χ2v) is 24.5. The molecular formula is C72H78O31. The van der Waals surface area contributed by atoms with Crippen molar-refractivity contribution < 1.29 is 151 Å². The number of ether oxygens (including phenoxy) is 15. The summed E-state index contributed by atoms with van der Waals surface area (Å²) >= 11 is 0. The molecule has 31 heteroatoms. The van der Waals surface area contributed by atoms with Crippen molar-refractivity contribution in [3.05, 3.63) is 215 Å². The maximum absolute atomic E-state index is 14.7. The van der Waals surface area contributed by atoms with Gasteiger partial charge in [-0.05, 0) is 66.2 Å². The Hall–Kier alpha value is -8.17. The Balaban J connectivity index is 0.989. The van der Waals surface area contributed by atoms with Gasteiger partial charge in [0, 0.05) is 0 Å². The Bertz CT molecular complexity index is 3670. The summed E-state index contributed by atoms with van der Waals surface area (Å²) < 4.78 is 93.3. The summed E-state index contributed by atoms with van der Waals surface area (Å²) in [5.74, 6) is -5.64. The third kappa shape index (κ3) is 17.8. The molecule has 6 aromatic rings. The Labute approximate surface area is 587 Å². The SMILES string of the molecule is O=C(O[C@H]1[C@H](O[C@H]2[C@H](O)[C@@H](CO)O[C@@H](O[C@H]3[C@H](O)[C@@H](CO)O[C@@H](O[C@H]4[C@H](O)[C@@H](CO)O[C@@H](O[C@H]5[C@H](O)[C@@H](CO)O[C@@H](OCc6ccccc6)[C@@H]5OC(=O)c5ccccc5)[C@@H]4OC(=O)c4ccccc4)[C@@H]3OC(=O)c3ccccc3)[C@@H]2OC(=O)c2ccccc2)O[C@H](CO)[C@@H](O)[C@@H]1O)c1ccccc1. The number of aliphatic hydroxyl groups is 11. The Morgan fingerprint density at radius 1 is 0.262 bits per heavy atom. The lowest BCUT2D eigenvalue weighted by molar-refractivity contribution is -0.394. The predicted molar refractivity (Wildman–Crippen MR) is 344 cm³/mol. The van der Waals surface area contributed by atoms with Crippen LogP contribution in [0.3, 0.4) is 0 Å². The van der Waals surface area contributed by atoms with E-state index in [2.05, 4.69) is 0 Å². The predicted octanol–water partition coefficient (Wildman–Crippen LogP) is -0.377. The minimum Gasteiger partial charge on any atom is -0.450 e. The largest absolute Gasteiger partial charge is 0.450 e. The second kappa shape index (κ2) is 35.5. The normalized spacial score (nSPS) is 33.7. The first-order valence-corrected chi connectivity index (χ1v) is 32.9. The molecule has 0 unspecified atom stereocenters. The summed E-state index contributed by atoms with van der Waals surface area (Å²) in [4.78, 5) is 71.5. The molecule has 5 aliphatic rings. The van der Waals surface area contributed by atoms with Crippen molar-refractivity contribution in [1.82, 2.24) is 0 Å². The molecule has 0 amide bonds. The molecule has 5 aliphatic heterocycles. The van der Waals surface area contributed by atoms with Crippen LogP contribution in [0.5, 0.6) is 0 Å². The third-order valence-electron chi connectivity index (χ3n) is 17.7.